The maximum Gasteiger partial charge on any atom is 0.244 e. The molecule has 0 aliphatic rings. The topological polar surface area (TPSA) is 38.3 Å². The summed E-state index contributed by atoms with van der Waals surface area (Å²) in [5, 5.41) is 3.77. The number of ether oxygens (including phenoxy) is 1. The third kappa shape index (κ3) is 6.93. The number of amides is 1. The monoisotopic (exact) mass is 489 g/mol. The van der Waals surface area contributed by atoms with Gasteiger partial charge in [0.2, 0.25) is 5.91 Å². The van der Waals surface area contributed by atoms with Crippen LogP contribution in [0.3, 0.4) is 0 Å². The van der Waals surface area contributed by atoms with E-state index >= 15 is 0 Å². The highest BCUT2D eigenvalue weighted by Crippen LogP contribution is 2.22. The van der Waals surface area contributed by atoms with Gasteiger partial charge in [0, 0.05) is 17.1 Å². The second kappa shape index (κ2) is 10.5. The summed E-state index contributed by atoms with van der Waals surface area (Å²) in [5.74, 6) is 0.584. The van der Waals surface area contributed by atoms with E-state index in [0.717, 1.165) is 26.9 Å². The molecule has 3 rings (SSSR count). The molecule has 0 saturated heterocycles. The normalized spacial score (nSPS) is 10.9. The predicted octanol–water partition coefficient (Wildman–Crippen LogP) is 6.66. The first-order valence-corrected chi connectivity index (χ1v) is 10.4. The van der Waals surface area contributed by atoms with Gasteiger partial charge in [-0.05, 0) is 59.2 Å². The molecule has 0 aliphatic carbocycles. The van der Waals surface area contributed by atoms with E-state index in [1.165, 1.54) is 6.08 Å². The Labute approximate surface area is 188 Å². The fourth-order valence-electron chi connectivity index (χ4n) is 2.49. The van der Waals surface area contributed by atoms with E-state index in [2.05, 4.69) is 21.2 Å². The Balaban J connectivity index is 1.47. The molecule has 3 aromatic rings. The number of hydrogen-bond acceptors (Lipinski definition) is 2. The molecule has 0 aromatic heterocycles. The highest BCUT2D eigenvalue weighted by atomic mass is 79.9. The van der Waals surface area contributed by atoms with Gasteiger partial charge in [-0.1, -0.05) is 69.5 Å². The Kier molecular flexibility index (Phi) is 7.76. The van der Waals surface area contributed by atoms with Gasteiger partial charge in [-0.15, -0.1) is 0 Å². The van der Waals surface area contributed by atoms with Crippen LogP contribution in [0.4, 0.5) is 0 Å². The lowest BCUT2D eigenvalue weighted by molar-refractivity contribution is -0.116. The standard InChI is InChI=1S/C23H18BrCl2NO2/c24-19-7-1-17(2-8-19)15-29-20-9-3-16(4-10-20)6-12-23(28)27-14-18-5-11-21(25)22(26)13-18/h1-13H,14-15H2,(H,27,28)/b12-6+. The first-order valence-electron chi connectivity index (χ1n) is 8.87. The van der Waals surface area contributed by atoms with Gasteiger partial charge in [-0.25, -0.2) is 0 Å². The molecule has 0 heterocycles. The van der Waals surface area contributed by atoms with E-state index < -0.39 is 0 Å². The van der Waals surface area contributed by atoms with E-state index in [1.807, 2.05) is 54.6 Å². The summed E-state index contributed by atoms with van der Waals surface area (Å²) in [6, 6.07) is 20.8. The van der Waals surface area contributed by atoms with Crippen molar-refractivity contribution in [3.05, 3.63) is 104 Å². The highest BCUT2D eigenvalue weighted by molar-refractivity contribution is 9.10. The summed E-state index contributed by atoms with van der Waals surface area (Å²) in [5.41, 5.74) is 2.88. The smallest absolute Gasteiger partial charge is 0.244 e. The van der Waals surface area contributed by atoms with Crippen molar-refractivity contribution in [3.8, 4) is 5.75 Å². The molecule has 0 saturated carbocycles. The van der Waals surface area contributed by atoms with Gasteiger partial charge >= 0.3 is 0 Å². The molecule has 0 spiro atoms. The Hall–Kier alpha value is -2.27. The van der Waals surface area contributed by atoms with E-state index in [0.29, 0.717) is 23.2 Å². The van der Waals surface area contributed by atoms with Crippen LogP contribution in [-0.2, 0) is 17.9 Å². The van der Waals surface area contributed by atoms with Crippen molar-refractivity contribution < 1.29 is 9.53 Å². The number of carbonyl (C=O) groups excluding carboxylic acids is 1. The van der Waals surface area contributed by atoms with Crippen molar-refractivity contribution in [2.75, 3.05) is 0 Å². The summed E-state index contributed by atoms with van der Waals surface area (Å²) in [4.78, 5) is 12.0. The molecule has 1 amide bonds. The average Bonchev–Trinajstić information content (AvgIpc) is 2.73. The molecule has 29 heavy (non-hydrogen) atoms. The van der Waals surface area contributed by atoms with Crippen molar-refractivity contribution in [2.45, 2.75) is 13.2 Å². The van der Waals surface area contributed by atoms with Crippen molar-refractivity contribution in [1.82, 2.24) is 5.32 Å². The quantitative estimate of drug-likeness (QED) is 0.376. The molecule has 0 aliphatic heterocycles. The molecule has 0 radical (unpaired) electrons. The number of carbonyl (C=O) groups is 1. The number of halogens is 3. The summed E-state index contributed by atoms with van der Waals surface area (Å²) >= 11 is 15.3. The minimum Gasteiger partial charge on any atom is -0.489 e. The SMILES string of the molecule is O=C(/C=C/c1ccc(OCc2ccc(Br)cc2)cc1)NCc1ccc(Cl)c(Cl)c1. The molecular weight excluding hydrogens is 473 g/mol. The van der Waals surface area contributed by atoms with Gasteiger partial charge in [0.05, 0.1) is 10.0 Å². The van der Waals surface area contributed by atoms with Crippen LogP contribution in [0, 0.1) is 0 Å². The molecule has 1 N–H and O–H groups in total. The molecule has 3 aromatic carbocycles. The van der Waals surface area contributed by atoms with Crippen LogP contribution in [0.25, 0.3) is 6.08 Å². The predicted molar refractivity (Wildman–Crippen MR) is 122 cm³/mol. The van der Waals surface area contributed by atoms with E-state index in [-0.39, 0.29) is 5.91 Å². The molecule has 0 fully saturated rings. The summed E-state index contributed by atoms with van der Waals surface area (Å²) in [7, 11) is 0. The largest absolute Gasteiger partial charge is 0.489 e. The van der Waals surface area contributed by atoms with Crippen molar-refractivity contribution in [1.29, 1.82) is 0 Å². The van der Waals surface area contributed by atoms with Crippen LogP contribution < -0.4 is 10.1 Å². The Bertz CT molecular complexity index is 1000. The third-order valence-corrected chi connectivity index (χ3v) is 5.34. The first kappa shape index (κ1) is 21.4. The summed E-state index contributed by atoms with van der Waals surface area (Å²) in [6.45, 7) is 0.877. The molecule has 148 valence electrons. The minimum absolute atomic E-state index is 0.188. The summed E-state index contributed by atoms with van der Waals surface area (Å²) < 4.78 is 6.82. The zero-order valence-corrected chi connectivity index (χ0v) is 18.5. The maximum absolute atomic E-state index is 12.0. The van der Waals surface area contributed by atoms with Crippen molar-refractivity contribution in [2.24, 2.45) is 0 Å². The number of benzene rings is 3. The lowest BCUT2D eigenvalue weighted by Crippen LogP contribution is -2.20. The fraction of sp³-hybridized carbons (Fsp3) is 0.0870. The Morgan fingerprint density at radius 2 is 1.62 bits per heavy atom. The van der Waals surface area contributed by atoms with Crippen LogP contribution in [0.5, 0.6) is 5.75 Å². The van der Waals surface area contributed by atoms with Crippen LogP contribution >= 0.6 is 39.1 Å². The van der Waals surface area contributed by atoms with Gasteiger partial charge in [-0.2, -0.15) is 0 Å². The number of nitrogens with one attached hydrogen (secondary N) is 1. The molecule has 0 bridgehead atoms. The zero-order valence-electron chi connectivity index (χ0n) is 15.4. The van der Waals surface area contributed by atoms with Gasteiger partial charge < -0.3 is 10.1 Å². The van der Waals surface area contributed by atoms with Gasteiger partial charge in [0.25, 0.3) is 0 Å². The lowest BCUT2D eigenvalue weighted by Gasteiger charge is -2.07. The number of hydrogen-bond donors (Lipinski definition) is 1. The van der Waals surface area contributed by atoms with Crippen molar-refractivity contribution >= 4 is 51.1 Å². The molecule has 0 unspecified atom stereocenters. The van der Waals surface area contributed by atoms with E-state index in [9.17, 15) is 4.79 Å². The molecule has 0 atom stereocenters. The van der Waals surface area contributed by atoms with Crippen LogP contribution in [-0.4, -0.2) is 5.91 Å². The average molecular weight is 491 g/mol. The third-order valence-electron chi connectivity index (χ3n) is 4.08. The maximum atomic E-state index is 12.0. The molecule has 6 heteroatoms. The van der Waals surface area contributed by atoms with E-state index in [4.69, 9.17) is 27.9 Å². The van der Waals surface area contributed by atoms with Crippen LogP contribution in [0.2, 0.25) is 10.0 Å². The van der Waals surface area contributed by atoms with Crippen molar-refractivity contribution in [3.63, 3.8) is 0 Å². The van der Waals surface area contributed by atoms with Gasteiger partial charge in [0.1, 0.15) is 12.4 Å². The summed E-state index contributed by atoms with van der Waals surface area (Å²) in [6.07, 6.45) is 3.25. The lowest BCUT2D eigenvalue weighted by atomic mass is 10.2. The van der Waals surface area contributed by atoms with Gasteiger partial charge in [0.15, 0.2) is 0 Å². The second-order valence-corrected chi connectivity index (χ2v) is 8.01. The van der Waals surface area contributed by atoms with Crippen LogP contribution in [0.1, 0.15) is 16.7 Å². The second-order valence-electron chi connectivity index (χ2n) is 6.28. The zero-order chi connectivity index (χ0) is 20.6. The molecule has 3 nitrogen and oxygen atoms in total. The Morgan fingerprint density at radius 3 is 2.31 bits per heavy atom. The first-order chi connectivity index (χ1) is 14.0. The minimum atomic E-state index is -0.188. The molecular formula is C23H18BrCl2NO2. The fourth-order valence-corrected chi connectivity index (χ4v) is 3.08. The van der Waals surface area contributed by atoms with E-state index in [1.54, 1.807) is 18.2 Å². The van der Waals surface area contributed by atoms with Crippen LogP contribution in [0.15, 0.2) is 77.3 Å². The Morgan fingerprint density at radius 1 is 0.931 bits per heavy atom. The highest BCUT2D eigenvalue weighted by Gasteiger charge is 2.01. The number of rotatable bonds is 7. The van der Waals surface area contributed by atoms with Gasteiger partial charge in [-0.3, -0.25) is 4.79 Å².